The van der Waals surface area contributed by atoms with Crippen molar-refractivity contribution in [1.29, 1.82) is 0 Å². The molecule has 0 amide bonds. The molecule has 4 nitrogen and oxygen atoms in total. The van der Waals surface area contributed by atoms with Crippen LogP contribution < -0.4 is 10.3 Å². The number of benzene rings is 3. The SMILES string of the molecule is COc1cccc(-n2c(SCc3cc(F)ccc3F)nc3ccccc3c2=O)c1. The topological polar surface area (TPSA) is 44.1 Å². The van der Waals surface area contributed by atoms with E-state index in [-0.39, 0.29) is 16.9 Å². The Morgan fingerprint density at radius 2 is 1.86 bits per heavy atom. The zero-order chi connectivity index (χ0) is 20.4. The molecule has 0 aliphatic heterocycles. The molecule has 0 aliphatic rings. The summed E-state index contributed by atoms with van der Waals surface area (Å²) in [4.78, 5) is 17.8. The molecule has 1 aromatic heterocycles. The maximum atomic E-state index is 14.0. The molecule has 0 bridgehead atoms. The van der Waals surface area contributed by atoms with Gasteiger partial charge in [-0.15, -0.1) is 0 Å². The minimum absolute atomic E-state index is 0.123. The Kier molecular flexibility index (Phi) is 5.31. The number of aromatic nitrogens is 2. The zero-order valence-corrected chi connectivity index (χ0v) is 16.2. The summed E-state index contributed by atoms with van der Waals surface area (Å²) in [6, 6.07) is 17.4. The predicted molar refractivity (Wildman–Crippen MR) is 110 cm³/mol. The third-order valence-corrected chi connectivity index (χ3v) is 5.41. The van der Waals surface area contributed by atoms with Gasteiger partial charge in [0, 0.05) is 17.4 Å². The number of para-hydroxylation sites is 1. The number of hydrogen-bond acceptors (Lipinski definition) is 4. The maximum Gasteiger partial charge on any atom is 0.266 e. The largest absolute Gasteiger partial charge is 0.497 e. The Bertz CT molecular complexity index is 1260. The maximum absolute atomic E-state index is 14.0. The van der Waals surface area contributed by atoms with Crippen LogP contribution >= 0.6 is 11.8 Å². The second-order valence-electron chi connectivity index (χ2n) is 6.28. The highest BCUT2D eigenvalue weighted by molar-refractivity contribution is 7.98. The number of halogens is 2. The predicted octanol–water partition coefficient (Wildman–Crippen LogP) is 4.96. The smallest absolute Gasteiger partial charge is 0.266 e. The second-order valence-corrected chi connectivity index (χ2v) is 7.22. The Hall–Kier alpha value is -3.19. The first-order valence-corrected chi connectivity index (χ1v) is 9.78. The lowest BCUT2D eigenvalue weighted by molar-refractivity contribution is 0.414. The van der Waals surface area contributed by atoms with Gasteiger partial charge in [-0.25, -0.2) is 13.8 Å². The second kappa shape index (κ2) is 8.05. The van der Waals surface area contributed by atoms with E-state index in [0.29, 0.717) is 27.5 Å². The van der Waals surface area contributed by atoms with Crippen LogP contribution in [0.5, 0.6) is 5.75 Å². The number of methoxy groups -OCH3 is 1. The summed E-state index contributed by atoms with van der Waals surface area (Å²) in [5.74, 6) is -0.304. The number of fused-ring (bicyclic) bond motifs is 1. The fourth-order valence-electron chi connectivity index (χ4n) is 2.98. The van der Waals surface area contributed by atoms with E-state index in [0.717, 1.165) is 30.0 Å². The van der Waals surface area contributed by atoms with Gasteiger partial charge in [0.15, 0.2) is 5.16 Å². The fourth-order valence-corrected chi connectivity index (χ4v) is 3.97. The van der Waals surface area contributed by atoms with Crippen molar-refractivity contribution in [1.82, 2.24) is 9.55 Å². The van der Waals surface area contributed by atoms with Crippen LogP contribution in [0.1, 0.15) is 5.56 Å². The fraction of sp³-hybridized carbons (Fsp3) is 0.0909. The van der Waals surface area contributed by atoms with E-state index in [2.05, 4.69) is 4.98 Å². The summed E-state index contributed by atoms with van der Waals surface area (Å²) in [6.07, 6.45) is 0. The van der Waals surface area contributed by atoms with E-state index in [1.54, 1.807) is 55.6 Å². The molecule has 29 heavy (non-hydrogen) atoms. The highest BCUT2D eigenvalue weighted by atomic mass is 32.2. The van der Waals surface area contributed by atoms with Crippen LogP contribution in [-0.4, -0.2) is 16.7 Å². The molecule has 3 aromatic carbocycles. The lowest BCUT2D eigenvalue weighted by Crippen LogP contribution is -2.21. The van der Waals surface area contributed by atoms with Crippen molar-refractivity contribution < 1.29 is 13.5 Å². The third kappa shape index (κ3) is 3.86. The van der Waals surface area contributed by atoms with Crippen molar-refractivity contribution in [2.24, 2.45) is 0 Å². The van der Waals surface area contributed by atoms with E-state index in [9.17, 15) is 13.6 Å². The summed E-state index contributed by atoms with van der Waals surface area (Å²) >= 11 is 1.16. The third-order valence-electron chi connectivity index (χ3n) is 4.42. The van der Waals surface area contributed by atoms with Crippen molar-refractivity contribution in [2.75, 3.05) is 7.11 Å². The van der Waals surface area contributed by atoms with Crippen LogP contribution in [0, 0.1) is 11.6 Å². The normalized spacial score (nSPS) is 11.0. The van der Waals surface area contributed by atoms with E-state index in [4.69, 9.17) is 4.74 Å². The number of thioether (sulfide) groups is 1. The van der Waals surface area contributed by atoms with Crippen LogP contribution in [-0.2, 0) is 5.75 Å². The molecule has 1 heterocycles. The van der Waals surface area contributed by atoms with E-state index in [1.165, 1.54) is 4.57 Å². The highest BCUT2D eigenvalue weighted by Gasteiger charge is 2.15. The van der Waals surface area contributed by atoms with Crippen LogP contribution in [0.15, 0.2) is 76.7 Å². The van der Waals surface area contributed by atoms with Crippen molar-refractivity contribution >= 4 is 22.7 Å². The van der Waals surface area contributed by atoms with Crippen molar-refractivity contribution in [3.05, 3.63) is 94.3 Å². The first-order valence-electron chi connectivity index (χ1n) is 8.80. The van der Waals surface area contributed by atoms with Gasteiger partial charge >= 0.3 is 0 Å². The molecule has 0 saturated carbocycles. The van der Waals surface area contributed by atoms with Crippen molar-refractivity contribution in [3.63, 3.8) is 0 Å². The molecule has 146 valence electrons. The highest BCUT2D eigenvalue weighted by Crippen LogP contribution is 2.27. The minimum atomic E-state index is -0.515. The Morgan fingerprint density at radius 1 is 1.03 bits per heavy atom. The molecule has 0 aliphatic carbocycles. The molecule has 0 spiro atoms. The zero-order valence-electron chi connectivity index (χ0n) is 15.4. The van der Waals surface area contributed by atoms with Gasteiger partial charge in [0.05, 0.1) is 23.7 Å². The number of nitrogens with zero attached hydrogens (tertiary/aromatic N) is 2. The molecule has 0 saturated heterocycles. The van der Waals surface area contributed by atoms with Crippen molar-refractivity contribution in [2.45, 2.75) is 10.9 Å². The summed E-state index contributed by atoms with van der Waals surface area (Å²) in [5.41, 5.74) is 1.08. The Balaban J connectivity index is 1.85. The van der Waals surface area contributed by atoms with Crippen LogP contribution in [0.3, 0.4) is 0 Å². The van der Waals surface area contributed by atoms with E-state index < -0.39 is 11.6 Å². The average Bonchev–Trinajstić information content (AvgIpc) is 2.74. The summed E-state index contributed by atoms with van der Waals surface area (Å²) in [7, 11) is 1.54. The van der Waals surface area contributed by atoms with Gasteiger partial charge < -0.3 is 4.74 Å². The van der Waals surface area contributed by atoms with Gasteiger partial charge in [0.2, 0.25) is 0 Å². The van der Waals surface area contributed by atoms with Gasteiger partial charge in [0.1, 0.15) is 17.4 Å². The molecular weight excluding hydrogens is 394 g/mol. The summed E-state index contributed by atoms with van der Waals surface area (Å²) in [5, 5.41) is 0.849. The minimum Gasteiger partial charge on any atom is -0.497 e. The monoisotopic (exact) mass is 410 g/mol. The van der Waals surface area contributed by atoms with Crippen LogP contribution in [0.25, 0.3) is 16.6 Å². The number of hydrogen-bond donors (Lipinski definition) is 0. The number of rotatable bonds is 5. The standard InChI is InChI=1S/C22H16F2N2O2S/c1-28-17-6-4-5-16(12-17)26-21(27)18-7-2-3-8-20(18)25-22(26)29-13-14-11-15(23)9-10-19(14)24/h2-12H,13H2,1H3. The summed E-state index contributed by atoms with van der Waals surface area (Å²) < 4.78 is 34.3. The molecule has 0 radical (unpaired) electrons. The average molecular weight is 410 g/mol. The first kappa shape index (κ1) is 19.1. The molecule has 0 fully saturated rings. The molecule has 7 heteroatoms. The van der Waals surface area contributed by atoms with Gasteiger partial charge in [-0.3, -0.25) is 9.36 Å². The van der Waals surface area contributed by atoms with Gasteiger partial charge in [-0.05, 0) is 42.5 Å². The molecule has 0 atom stereocenters. The molecule has 4 aromatic rings. The Labute approximate surface area is 169 Å². The Morgan fingerprint density at radius 3 is 2.69 bits per heavy atom. The van der Waals surface area contributed by atoms with E-state index in [1.807, 2.05) is 0 Å². The summed E-state index contributed by atoms with van der Waals surface area (Å²) in [6.45, 7) is 0. The molecular formula is C22H16F2N2O2S. The van der Waals surface area contributed by atoms with Gasteiger partial charge in [0.25, 0.3) is 5.56 Å². The van der Waals surface area contributed by atoms with E-state index >= 15 is 0 Å². The van der Waals surface area contributed by atoms with Crippen molar-refractivity contribution in [3.8, 4) is 11.4 Å². The number of ether oxygens (including phenoxy) is 1. The molecule has 0 N–H and O–H groups in total. The molecule has 4 rings (SSSR count). The quantitative estimate of drug-likeness (QED) is 0.344. The first-order chi connectivity index (χ1) is 14.1. The van der Waals surface area contributed by atoms with Gasteiger partial charge in [-0.2, -0.15) is 0 Å². The van der Waals surface area contributed by atoms with Gasteiger partial charge in [-0.1, -0.05) is 30.0 Å². The van der Waals surface area contributed by atoms with Crippen LogP contribution in [0.2, 0.25) is 0 Å². The lowest BCUT2D eigenvalue weighted by atomic mass is 10.2. The van der Waals surface area contributed by atoms with Crippen LogP contribution in [0.4, 0.5) is 8.78 Å². The lowest BCUT2D eigenvalue weighted by Gasteiger charge is -2.14. The molecule has 0 unspecified atom stereocenters.